The van der Waals surface area contributed by atoms with Crippen LogP contribution in [0.25, 0.3) is 0 Å². The van der Waals surface area contributed by atoms with Crippen LogP contribution in [0.3, 0.4) is 0 Å². The molecule has 33 heavy (non-hydrogen) atoms. The van der Waals surface area contributed by atoms with Gasteiger partial charge in [-0.25, -0.2) is 0 Å². The number of rotatable bonds is 7. The summed E-state index contributed by atoms with van der Waals surface area (Å²) in [5.41, 5.74) is 3.83. The van der Waals surface area contributed by atoms with Crippen molar-refractivity contribution < 1.29 is 9.53 Å². The number of anilines is 1. The first kappa shape index (κ1) is 23.5. The molecule has 0 aliphatic carbocycles. The molecule has 4 rings (SSSR count). The van der Waals surface area contributed by atoms with Gasteiger partial charge in [0, 0.05) is 31.9 Å². The van der Waals surface area contributed by atoms with Gasteiger partial charge in [0.2, 0.25) is 5.91 Å². The molecule has 7 nitrogen and oxygen atoms in total. The Morgan fingerprint density at radius 2 is 1.88 bits per heavy atom. The van der Waals surface area contributed by atoms with E-state index >= 15 is 0 Å². The number of carbonyl (C=O) groups is 1. The number of aromatic nitrogens is 1. The van der Waals surface area contributed by atoms with Gasteiger partial charge in [0.05, 0.1) is 24.8 Å². The second-order valence-electron chi connectivity index (χ2n) is 9.23. The van der Waals surface area contributed by atoms with Gasteiger partial charge in [-0.2, -0.15) is 5.26 Å². The zero-order valence-electron chi connectivity index (χ0n) is 19.8. The molecule has 2 aliphatic rings. The number of benzene rings is 1. The lowest BCUT2D eigenvalue weighted by atomic mass is 10.2. The number of nitriles is 1. The predicted octanol–water partition coefficient (Wildman–Crippen LogP) is 3.30. The van der Waals surface area contributed by atoms with Crippen LogP contribution < -0.4 is 5.32 Å². The Morgan fingerprint density at radius 3 is 2.61 bits per heavy atom. The summed E-state index contributed by atoms with van der Waals surface area (Å²) >= 11 is 0. The number of carbonyl (C=O) groups excluding carboxylic acids is 1. The third-order valence-corrected chi connectivity index (χ3v) is 6.91. The minimum atomic E-state index is -0.0610. The van der Waals surface area contributed by atoms with E-state index in [0.717, 1.165) is 69.9 Å². The van der Waals surface area contributed by atoms with Crippen molar-refractivity contribution in [1.29, 1.82) is 5.26 Å². The minimum absolute atomic E-state index is 0.0610. The first-order chi connectivity index (χ1) is 16.0. The van der Waals surface area contributed by atoms with Crippen LogP contribution in [0.2, 0.25) is 0 Å². The largest absolute Gasteiger partial charge is 0.376 e. The molecule has 1 aromatic heterocycles. The highest BCUT2D eigenvalue weighted by molar-refractivity contribution is 5.93. The zero-order chi connectivity index (χ0) is 23.2. The maximum atomic E-state index is 13.0. The van der Waals surface area contributed by atoms with E-state index in [-0.39, 0.29) is 12.0 Å². The molecule has 3 heterocycles. The SMILES string of the molecule is Cc1c(C#N)c(NC(=O)CN2CCCN(Cc3ccccc3)CC2)n(CC2CCCO2)c1C. The van der Waals surface area contributed by atoms with Crippen LogP contribution in [0.4, 0.5) is 5.82 Å². The number of nitrogens with one attached hydrogen (secondary N) is 1. The molecule has 2 aliphatic heterocycles. The lowest BCUT2D eigenvalue weighted by Gasteiger charge is -2.22. The van der Waals surface area contributed by atoms with Gasteiger partial charge >= 0.3 is 0 Å². The molecule has 0 bridgehead atoms. The molecule has 2 aromatic rings. The number of amides is 1. The van der Waals surface area contributed by atoms with E-state index in [0.29, 0.717) is 24.5 Å². The van der Waals surface area contributed by atoms with Gasteiger partial charge in [-0.15, -0.1) is 0 Å². The summed E-state index contributed by atoms with van der Waals surface area (Å²) < 4.78 is 7.87. The highest BCUT2D eigenvalue weighted by atomic mass is 16.5. The van der Waals surface area contributed by atoms with E-state index in [1.54, 1.807) is 0 Å². The summed E-state index contributed by atoms with van der Waals surface area (Å²) in [5.74, 6) is 0.558. The van der Waals surface area contributed by atoms with Gasteiger partial charge in [0.25, 0.3) is 0 Å². The van der Waals surface area contributed by atoms with Crippen LogP contribution in [0.15, 0.2) is 30.3 Å². The third kappa shape index (κ3) is 5.83. The average Bonchev–Trinajstić information content (AvgIpc) is 3.33. The van der Waals surface area contributed by atoms with Crippen molar-refractivity contribution in [3.05, 3.63) is 52.7 Å². The molecule has 2 saturated heterocycles. The normalized spacial score (nSPS) is 19.8. The van der Waals surface area contributed by atoms with Gasteiger partial charge in [-0.3, -0.25) is 14.6 Å². The number of ether oxygens (including phenoxy) is 1. The van der Waals surface area contributed by atoms with E-state index < -0.39 is 0 Å². The van der Waals surface area contributed by atoms with Crippen LogP contribution in [0.1, 0.15) is 41.6 Å². The Balaban J connectivity index is 1.37. The maximum Gasteiger partial charge on any atom is 0.239 e. The Hall–Kier alpha value is -2.66. The summed E-state index contributed by atoms with van der Waals surface area (Å²) in [5, 5.41) is 12.8. The molecule has 1 aromatic carbocycles. The van der Waals surface area contributed by atoms with E-state index in [1.165, 1.54) is 5.56 Å². The molecule has 176 valence electrons. The fourth-order valence-electron chi connectivity index (χ4n) is 4.91. The highest BCUT2D eigenvalue weighted by Gasteiger charge is 2.25. The molecule has 0 saturated carbocycles. The standard InChI is InChI=1S/C26H35N5O2/c1-20-21(2)31(18-23-10-6-15-33-23)26(24(20)16-27)28-25(32)19-30-12-7-11-29(13-14-30)17-22-8-4-3-5-9-22/h3-5,8-9,23H,6-7,10-15,17-19H2,1-2H3,(H,28,32). The quantitative estimate of drug-likeness (QED) is 0.702. The molecule has 2 fully saturated rings. The smallest absolute Gasteiger partial charge is 0.239 e. The Morgan fingerprint density at radius 1 is 1.12 bits per heavy atom. The fraction of sp³-hybridized carbons (Fsp3) is 0.538. The van der Waals surface area contributed by atoms with Crippen molar-refractivity contribution in [2.45, 2.75) is 52.3 Å². The predicted molar refractivity (Wildman–Crippen MR) is 129 cm³/mol. The number of nitrogens with zero attached hydrogens (tertiary/aromatic N) is 4. The van der Waals surface area contributed by atoms with E-state index in [2.05, 4.69) is 50.0 Å². The molecule has 1 atom stereocenters. The fourth-order valence-corrected chi connectivity index (χ4v) is 4.91. The first-order valence-corrected chi connectivity index (χ1v) is 12.0. The average molecular weight is 450 g/mol. The molecule has 0 spiro atoms. The maximum absolute atomic E-state index is 13.0. The van der Waals surface area contributed by atoms with Crippen molar-refractivity contribution in [3.8, 4) is 6.07 Å². The summed E-state index contributed by atoms with van der Waals surface area (Å²) in [4.78, 5) is 17.7. The summed E-state index contributed by atoms with van der Waals surface area (Å²) in [6, 6.07) is 12.8. The van der Waals surface area contributed by atoms with Gasteiger partial charge in [0.1, 0.15) is 11.9 Å². The number of hydrogen-bond acceptors (Lipinski definition) is 5. The molecule has 7 heteroatoms. The van der Waals surface area contributed by atoms with Gasteiger partial charge in [0.15, 0.2) is 0 Å². The monoisotopic (exact) mass is 449 g/mol. The zero-order valence-corrected chi connectivity index (χ0v) is 19.8. The molecular formula is C26H35N5O2. The summed E-state index contributed by atoms with van der Waals surface area (Å²) in [7, 11) is 0. The summed E-state index contributed by atoms with van der Waals surface area (Å²) in [6.45, 7) is 10.4. The molecule has 0 radical (unpaired) electrons. The van der Waals surface area contributed by atoms with Gasteiger partial charge in [-0.1, -0.05) is 30.3 Å². The van der Waals surface area contributed by atoms with Gasteiger partial charge in [-0.05, 0) is 57.3 Å². The summed E-state index contributed by atoms with van der Waals surface area (Å²) in [6.07, 6.45) is 3.25. The second kappa shape index (κ2) is 11.0. The topological polar surface area (TPSA) is 73.5 Å². The minimum Gasteiger partial charge on any atom is -0.376 e. The Bertz CT molecular complexity index is 988. The lowest BCUT2D eigenvalue weighted by molar-refractivity contribution is -0.117. The Kier molecular flexibility index (Phi) is 7.81. The van der Waals surface area contributed by atoms with Crippen molar-refractivity contribution in [2.75, 3.05) is 44.6 Å². The van der Waals surface area contributed by atoms with Crippen LogP contribution in [0, 0.1) is 25.2 Å². The van der Waals surface area contributed by atoms with Crippen LogP contribution in [-0.4, -0.2) is 65.7 Å². The molecule has 1 unspecified atom stereocenters. The Labute approximate surface area is 196 Å². The van der Waals surface area contributed by atoms with Crippen LogP contribution in [0.5, 0.6) is 0 Å². The molecule has 1 amide bonds. The molecular weight excluding hydrogens is 414 g/mol. The van der Waals surface area contributed by atoms with Crippen LogP contribution in [-0.2, 0) is 22.6 Å². The van der Waals surface area contributed by atoms with Crippen molar-refractivity contribution in [1.82, 2.24) is 14.4 Å². The molecule has 1 N–H and O–H groups in total. The third-order valence-electron chi connectivity index (χ3n) is 6.91. The van der Waals surface area contributed by atoms with Crippen molar-refractivity contribution >= 4 is 11.7 Å². The van der Waals surface area contributed by atoms with Gasteiger partial charge < -0.3 is 14.6 Å². The van der Waals surface area contributed by atoms with Crippen molar-refractivity contribution in [2.24, 2.45) is 0 Å². The number of hydrogen-bond donors (Lipinski definition) is 1. The van der Waals surface area contributed by atoms with Crippen LogP contribution >= 0.6 is 0 Å². The van der Waals surface area contributed by atoms with E-state index in [4.69, 9.17) is 4.74 Å². The van der Waals surface area contributed by atoms with E-state index in [9.17, 15) is 10.1 Å². The van der Waals surface area contributed by atoms with E-state index in [1.807, 2.05) is 19.9 Å². The lowest BCUT2D eigenvalue weighted by Crippen LogP contribution is -2.36. The van der Waals surface area contributed by atoms with Crippen molar-refractivity contribution in [3.63, 3.8) is 0 Å². The second-order valence-corrected chi connectivity index (χ2v) is 9.23. The highest BCUT2D eigenvalue weighted by Crippen LogP contribution is 2.28. The first-order valence-electron chi connectivity index (χ1n) is 12.0.